The Hall–Kier alpha value is -2.86. The van der Waals surface area contributed by atoms with Crippen LogP contribution in [-0.4, -0.2) is 45.9 Å². The summed E-state index contributed by atoms with van der Waals surface area (Å²) in [4.78, 5) is 19.1. The number of piperazine rings is 1. The van der Waals surface area contributed by atoms with Crippen molar-refractivity contribution in [3.05, 3.63) is 65.6 Å². The van der Waals surface area contributed by atoms with Crippen LogP contribution in [0.1, 0.15) is 28.5 Å². The number of ether oxygens (including phenoxy) is 1. The summed E-state index contributed by atoms with van der Waals surface area (Å²) in [5.74, 6) is 0.805. The van der Waals surface area contributed by atoms with Crippen LogP contribution in [0.5, 0.6) is 5.75 Å². The Morgan fingerprint density at radius 1 is 1.22 bits per heavy atom. The van der Waals surface area contributed by atoms with E-state index in [2.05, 4.69) is 24.1 Å². The number of aryl methyl sites for hydroxylation is 1. The molecule has 1 fully saturated rings. The Kier molecular flexibility index (Phi) is 4.81. The average Bonchev–Trinajstić information content (AvgIpc) is 3.08. The zero-order valence-electron chi connectivity index (χ0n) is 15.7. The Morgan fingerprint density at radius 3 is 2.81 bits per heavy atom. The smallest absolute Gasteiger partial charge is 0.254 e. The molecule has 6 nitrogen and oxygen atoms in total. The quantitative estimate of drug-likeness (QED) is 0.773. The van der Waals surface area contributed by atoms with Gasteiger partial charge in [-0.1, -0.05) is 6.07 Å². The predicted octanol–water partition coefficient (Wildman–Crippen LogP) is 2.66. The van der Waals surface area contributed by atoms with Crippen LogP contribution < -0.4 is 10.1 Å². The number of rotatable bonds is 4. The van der Waals surface area contributed by atoms with E-state index in [1.165, 1.54) is 5.56 Å². The molecule has 27 heavy (non-hydrogen) atoms. The van der Waals surface area contributed by atoms with Crippen molar-refractivity contribution in [1.82, 2.24) is 19.6 Å². The number of amides is 1. The van der Waals surface area contributed by atoms with Crippen LogP contribution in [0, 0.1) is 6.92 Å². The fraction of sp³-hybridized carbons (Fsp3) is 0.333. The first-order valence-corrected chi connectivity index (χ1v) is 9.29. The lowest BCUT2D eigenvalue weighted by molar-refractivity contribution is 0.0655. The van der Waals surface area contributed by atoms with Crippen molar-refractivity contribution in [3.63, 3.8) is 0 Å². The summed E-state index contributed by atoms with van der Waals surface area (Å²) in [6, 6.07) is 11.6. The van der Waals surface area contributed by atoms with E-state index in [-0.39, 0.29) is 11.9 Å². The van der Waals surface area contributed by atoms with Gasteiger partial charge in [-0.25, -0.2) is 4.98 Å². The number of benzene rings is 1. The number of fused-ring (bicyclic) bond motifs is 1. The number of carbonyl (C=O) groups excluding carboxylic acids is 1. The summed E-state index contributed by atoms with van der Waals surface area (Å²) < 4.78 is 7.85. The number of nitrogens with zero attached hydrogens (tertiary/aromatic N) is 3. The van der Waals surface area contributed by atoms with E-state index in [0.717, 1.165) is 36.7 Å². The molecule has 1 aliphatic heterocycles. The van der Waals surface area contributed by atoms with Gasteiger partial charge in [0.25, 0.3) is 5.91 Å². The monoisotopic (exact) mass is 364 g/mol. The molecule has 140 valence electrons. The lowest BCUT2D eigenvalue weighted by atomic mass is 10.1. The fourth-order valence-corrected chi connectivity index (χ4v) is 3.38. The molecular formula is C21H24N4O2. The second kappa shape index (κ2) is 7.40. The van der Waals surface area contributed by atoms with Crippen molar-refractivity contribution in [2.24, 2.45) is 0 Å². The Balaban J connectivity index is 1.40. The zero-order valence-corrected chi connectivity index (χ0v) is 15.7. The van der Waals surface area contributed by atoms with E-state index in [4.69, 9.17) is 4.74 Å². The van der Waals surface area contributed by atoms with Crippen LogP contribution in [0.25, 0.3) is 5.65 Å². The molecule has 0 radical (unpaired) electrons. The first-order chi connectivity index (χ1) is 13.1. The molecule has 0 spiro atoms. The van der Waals surface area contributed by atoms with E-state index < -0.39 is 0 Å². The number of aromatic nitrogens is 2. The minimum Gasteiger partial charge on any atom is -0.487 e. The Bertz CT molecular complexity index is 948. The molecule has 3 heterocycles. The third kappa shape index (κ3) is 3.80. The van der Waals surface area contributed by atoms with Crippen LogP contribution in [0.4, 0.5) is 0 Å². The summed E-state index contributed by atoms with van der Waals surface area (Å²) in [5, 5.41) is 3.30. The average molecular weight is 364 g/mol. The minimum absolute atomic E-state index is 0.0753. The largest absolute Gasteiger partial charge is 0.487 e. The van der Waals surface area contributed by atoms with Gasteiger partial charge < -0.3 is 19.4 Å². The third-order valence-electron chi connectivity index (χ3n) is 4.90. The standard InChI is InChI=1S/C21H24N4O2/c1-15-3-8-20-23-18(13-24(20)12-15)14-27-19-6-4-17(5-7-19)21(26)25-10-9-22-11-16(25)2/h3-8,12-13,16,22H,9-11,14H2,1-2H3/t16-/m1/s1. The number of carbonyl (C=O) groups is 1. The van der Waals surface area contributed by atoms with Gasteiger partial charge in [-0.05, 0) is 49.7 Å². The zero-order chi connectivity index (χ0) is 18.8. The molecule has 1 saturated heterocycles. The highest BCUT2D eigenvalue weighted by atomic mass is 16.5. The summed E-state index contributed by atoms with van der Waals surface area (Å²) in [7, 11) is 0. The van der Waals surface area contributed by atoms with Crippen molar-refractivity contribution < 1.29 is 9.53 Å². The Morgan fingerprint density at radius 2 is 2.04 bits per heavy atom. The maximum atomic E-state index is 12.7. The summed E-state index contributed by atoms with van der Waals surface area (Å²) in [6.45, 7) is 6.94. The van der Waals surface area contributed by atoms with Crippen molar-refractivity contribution in [2.75, 3.05) is 19.6 Å². The van der Waals surface area contributed by atoms with E-state index in [0.29, 0.717) is 12.2 Å². The molecule has 3 aromatic rings. The molecule has 4 rings (SSSR count). The fourth-order valence-electron chi connectivity index (χ4n) is 3.38. The van der Waals surface area contributed by atoms with Crippen molar-refractivity contribution in [3.8, 4) is 5.75 Å². The molecule has 1 amide bonds. The Labute approximate surface area is 158 Å². The highest BCUT2D eigenvalue weighted by molar-refractivity contribution is 5.94. The molecule has 1 aliphatic rings. The van der Waals surface area contributed by atoms with E-state index in [1.807, 2.05) is 58.1 Å². The lowest BCUT2D eigenvalue weighted by Crippen LogP contribution is -2.52. The molecule has 0 unspecified atom stereocenters. The van der Waals surface area contributed by atoms with Gasteiger partial charge in [0, 0.05) is 43.6 Å². The molecule has 2 aromatic heterocycles. The van der Waals surface area contributed by atoms with E-state index >= 15 is 0 Å². The maximum absolute atomic E-state index is 12.7. The van der Waals surface area contributed by atoms with Gasteiger partial charge in [0.2, 0.25) is 0 Å². The van der Waals surface area contributed by atoms with Crippen molar-refractivity contribution >= 4 is 11.6 Å². The van der Waals surface area contributed by atoms with Crippen LogP contribution in [0.15, 0.2) is 48.8 Å². The second-order valence-electron chi connectivity index (χ2n) is 7.07. The summed E-state index contributed by atoms with van der Waals surface area (Å²) in [5.41, 5.74) is 3.66. The molecule has 6 heteroatoms. The van der Waals surface area contributed by atoms with Crippen LogP contribution in [0.3, 0.4) is 0 Å². The SMILES string of the molecule is Cc1ccc2nc(COc3ccc(C(=O)N4CCNC[C@H]4C)cc3)cn2c1. The number of hydrogen-bond acceptors (Lipinski definition) is 4. The first kappa shape index (κ1) is 17.5. The number of hydrogen-bond donors (Lipinski definition) is 1. The summed E-state index contributed by atoms with van der Waals surface area (Å²) in [6.07, 6.45) is 4.02. The molecule has 0 aliphatic carbocycles. The highest BCUT2D eigenvalue weighted by Crippen LogP contribution is 2.17. The van der Waals surface area contributed by atoms with Gasteiger partial charge in [-0.2, -0.15) is 0 Å². The van der Waals surface area contributed by atoms with Crippen molar-refractivity contribution in [2.45, 2.75) is 26.5 Å². The highest BCUT2D eigenvalue weighted by Gasteiger charge is 2.23. The normalized spacial score (nSPS) is 17.3. The molecule has 1 N–H and O–H groups in total. The van der Waals surface area contributed by atoms with Gasteiger partial charge in [0.05, 0.1) is 5.69 Å². The number of imidazole rings is 1. The molecular weight excluding hydrogens is 340 g/mol. The number of nitrogens with one attached hydrogen (secondary N) is 1. The number of pyridine rings is 1. The predicted molar refractivity (Wildman–Crippen MR) is 104 cm³/mol. The first-order valence-electron chi connectivity index (χ1n) is 9.29. The maximum Gasteiger partial charge on any atom is 0.254 e. The summed E-state index contributed by atoms with van der Waals surface area (Å²) >= 11 is 0. The van der Waals surface area contributed by atoms with Crippen LogP contribution >= 0.6 is 0 Å². The van der Waals surface area contributed by atoms with Gasteiger partial charge in [-0.15, -0.1) is 0 Å². The van der Waals surface area contributed by atoms with Gasteiger partial charge >= 0.3 is 0 Å². The van der Waals surface area contributed by atoms with Gasteiger partial charge in [0.1, 0.15) is 18.0 Å². The van der Waals surface area contributed by atoms with E-state index in [1.54, 1.807) is 0 Å². The van der Waals surface area contributed by atoms with Crippen LogP contribution in [-0.2, 0) is 6.61 Å². The van der Waals surface area contributed by atoms with Crippen molar-refractivity contribution in [1.29, 1.82) is 0 Å². The van der Waals surface area contributed by atoms with E-state index in [9.17, 15) is 4.79 Å². The molecule has 0 bridgehead atoms. The topological polar surface area (TPSA) is 58.9 Å². The second-order valence-corrected chi connectivity index (χ2v) is 7.07. The van der Waals surface area contributed by atoms with Crippen LogP contribution in [0.2, 0.25) is 0 Å². The van der Waals surface area contributed by atoms with Gasteiger partial charge in [0.15, 0.2) is 0 Å². The lowest BCUT2D eigenvalue weighted by Gasteiger charge is -2.34. The van der Waals surface area contributed by atoms with Gasteiger partial charge in [-0.3, -0.25) is 4.79 Å². The minimum atomic E-state index is 0.0753. The molecule has 0 saturated carbocycles. The third-order valence-corrected chi connectivity index (χ3v) is 4.90. The molecule has 1 aromatic carbocycles. The molecule has 1 atom stereocenters.